The molecule has 0 unspecified atom stereocenters. The Hall–Kier alpha value is -3.35. The van der Waals surface area contributed by atoms with Gasteiger partial charge in [0.05, 0.1) is 0 Å². The van der Waals surface area contributed by atoms with Gasteiger partial charge in [0.2, 0.25) is 0 Å². The fourth-order valence-corrected chi connectivity index (χ4v) is 4.10. The van der Waals surface area contributed by atoms with Crippen molar-refractivity contribution in [1.82, 2.24) is 19.9 Å². The molecule has 1 aliphatic rings. The molecule has 188 valence electrons. The topological polar surface area (TPSA) is 97.1 Å². The van der Waals surface area contributed by atoms with E-state index in [1.165, 1.54) is 12.1 Å². The number of nitrogens with one attached hydrogen (secondary N) is 1. The minimum Gasteiger partial charge on any atom is -0.406 e. The number of likely N-dealkylation sites (tertiary alicyclic amines) is 1. The van der Waals surface area contributed by atoms with Gasteiger partial charge in [-0.1, -0.05) is 0 Å². The van der Waals surface area contributed by atoms with E-state index < -0.39 is 30.8 Å². The largest absolute Gasteiger partial charge is 0.573 e. The number of H-pyrrole nitrogens is 1. The van der Waals surface area contributed by atoms with E-state index in [2.05, 4.69) is 19.7 Å². The number of aromatic amines is 1. The number of nitrogens with zero attached hydrogens (tertiary/aromatic N) is 3. The molecular formula is C22H21F6N5O2. The molecule has 1 atom stereocenters. The monoisotopic (exact) mass is 501 g/mol. The van der Waals surface area contributed by atoms with Crippen molar-refractivity contribution in [1.29, 1.82) is 0 Å². The number of benzene rings is 1. The molecule has 0 aliphatic carbocycles. The summed E-state index contributed by atoms with van der Waals surface area (Å²) in [5, 5.41) is 0. The summed E-state index contributed by atoms with van der Waals surface area (Å²) in [6.45, 7) is 0.786. The van der Waals surface area contributed by atoms with Crippen molar-refractivity contribution in [3.8, 4) is 5.75 Å². The third-order valence-corrected chi connectivity index (χ3v) is 5.86. The van der Waals surface area contributed by atoms with E-state index in [4.69, 9.17) is 5.73 Å². The van der Waals surface area contributed by atoms with Gasteiger partial charge in [-0.3, -0.25) is 4.79 Å². The molecule has 3 N–H and O–H groups in total. The summed E-state index contributed by atoms with van der Waals surface area (Å²) in [5.41, 5.74) is 7.11. The van der Waals surface area contributed by atoms with Crippen LogP contribution in [-0.4, -0.2) is 57.4 Å². The third kappa shape index (κ3) is 5.84. The molecular weight excluding hydrogens is 480 g/mol. The predicted molar refractivity (Wildman–Crippen MR) is 113 cm³/mol. The van der Waals surface area contributed by atoms with Gasteiger partial charge in [-0.25, -0.2) is 9.97 Å². The number of hydrogen-bond acceptors (Lipinski definition) is 5. The lowest BCUT2D eigenvalue weighted by molar-refractivity contribution is -0.274. The summed E-state index contributed by atoms with van der Waals surface area (Å²) >= 11 is 0. The average Bonchev–Trinajstić information content (AvgIpc) is 3.20. The van der Waals surface area contributed by atoms with E-state index in [0.717, 1.165) is 17.7 Å². The Labute approximate surface area is 195 Å². The number of rotatable bonds is 5. The normalized spacial score (nSPS) is 16.5. The highest BCUT2D eigenvalue weighted by Crippen LogP contribution is 2.33. The van der Waals surface area contributed by atoms with Gasteiger partial charge in [-0.2, -0.15) is 13.2 Å². The van der Waals surface area contributed by atoms with Crippen molar-refractivity contribution < 1.29 is 35.9 Å². The third-order valence-electron chi connectivity index (χ3n) is 5.86. The molecule has 7 nitrogen and oxygen atoms in total. The lowest BCUT2D eigenvalue weighted by atomic mass is 9.89. The fraction of sp³-hybridized carbons (Fsp3) is 0.409. The van der Waals surface area contributed by atoms with Crippen LogP contribution >= 0.6 is 0 Å². The average molecular weight is 501 g/mol. The molecule has 0 bridgehead atoms. The fourth-order valence-electron chi connectivity index (χ4n) is 4.10. The summed E-state index contributed by atoms with van der Waals surface area (Å²) in [5.74, 6) is -0.635. The van der Waals surface area contributed by atoms with Crippen LogP contribution in [0, 0.1) is 0 Å². The molecule has 3 heterocycles. The number of carbonyl (C=O) groups excluding carboxylic acids is 1. The maximum absolute atomic E-state index is 12.8. The van der Waals surface area contributed by atoms with Crippen molar-refractivity contribution >= 4 is 17.1 Å². The number of imidazole rings is 1. The second-order valence-corrected chi connectivity index (χ2v) is 8.27. The zero-order chi connectivity index (χ0) is 25.4. The minimum absolute atomic E-state index is 0.000416. The maximum Gasteiger partial charge on any atom is 0.573 e. The van der Waals surface area contributed by atoms with Gasteiger partial charge in [0.1, 0.15) is 23.1 Å². The van der Waals surface area contributed by atoms with Gasteiger partial charge in [0, 0.05) is 31.3 Å². The number of piperidine rings is 1. The molecule has 1 amide bonds. The second kappa shape index (κ2) is 9.36. The molecule has 1 aliphatic heterocycles. The van der Waals surface area contributed by atoms with Gasteiger partial charge in [-0.05, 0) is 54.7 Å². The van der Waals surface area contributed by atoms with Gasteiger partial charge >= 0.3 is 12.5 Å². The zero-order valence-corrected chi connectivity index (χ0v) is 18.2. The Morgan fingerprint density at radius 2 is 1.77 bits per heavy atom. The summed E-state index contributed by atoms with van der Waals surface area (Å²) in [6, 6.07) is 4.44. The lowest BCUT2D eigenvalue weighted by Crippen LogP contribution is -2.39. The summed E-state index contributed by atoms with van der Waals surface area (Å²) in [4.78, 5) is 25.6. The van der Waals surface area contributed by atoms with Crippen LogP contribution in [0.25, 0.3) is 11.2 Å². The van der Waals surface area contributed by atoms with Crippen LogP contribution in [-0.2, 0) is 6.42 Å². The Kier molecular flexibility index (Phi) is 6.62. The SMILES string of the molecule is N[C@H](Cc1nc2c(C3CCN(C(=O)c4ccc(OC(F)(F)F)cc4)CC3)ccnc2[nH]1)C(F)(F)F. The quantitative estimate of drug-likeness (QED) is 0.508. The van der Waals surface area contributed by atoms with Gasteiger partial charge in [0.25, 0.3) is 5.91 Å². The van der Waals surface area contributed by atoms with E-state index in [-0.39, 0.29) is 23.2 Å². The first kappa shape index (κ1) is 24.8. The Balaban J connectivity index is 1.42. The number of halogens is 6. The molecule has 1 aromatic carbocycles. The predicted octanol–water partition coefficient (Wildman–Crippen LogP) is 4.31. The van der Waals surface area contributed by atoms with Crippen molar-refractivity contribution in [2.24, 2.45) is 5.73 Å². The first-order valence-corrected chi connectivity index (χ1v) is 10.7. The van der Waals surface area contributed by atoms with E-state index in [9.17, 15) is 31.1 Å². The Bertz CT molecular complexity index is 1180. The number of fused-ring (bicyclic) bond motifs is 1. The molecule has 13 heteroatoms. The Morgan fingerprint density at radius 1 is 1.11 bits per heavy atom. The maximum atomic E-state index is 12.8. The molecule has 35 heavy (non-hydrogen) atoms. The zero-order valence-electron chi connectivity index (χ0n) is 18.2. The van der Waals surface area contributed by atoms with Crippen LogP contribution in [0.5, 0.6) is 5.75 Å². The molecule has 0 spiro atoms. The number of alkyl halides is 6. The molecule has 1 saturated heterocycles. The van der Waals surface area contributed by atoms with Crippen molar-refractivity contribution in [2.45, 2.75) is 43.8 Å². The summed E-state index contributed by atoms with van der Waals surface area (Å²) in [7, 11) is 0. The van der Waals surface area contributed by atoms with Crippen molar-refractivity contribution in [3.63, 3.8) is 0 Å². The number of aromatic nitrogens is 3. The summed E-state index contributed by atoms with van der Waals surface area (Å²) in [6.07, 6.45) is -7.16. The van der Waals surface area contributed by atoms with Crippen molar-refractivity contribution in [2.75, 3.05) is 13.1 Å². The van der Waals surface area contributed by atoms with Gasteiger partial charge in [-0.15, -0.1) is 13.2 Å². The molecule has 3 aromatic rings. The number of ether oxygens (including phenoxy) is 1. The van der Waals surface area contributed by atoms with E-state index in [0.29, 0.717) is 37.1 Å². The van der Waals surface area contributed by atoms with E-state index in [1.807, 2.05) is 0 Å². The second-order valence-electron chi connectivity index (χ2n) is 8.27. The molecule has 0 radical (unpaired) electrons. The first-order valence-electron chi connectivity index (χ1n) is 10.7. The number of carbonyl (C=O) groups is 1. The Morgan fingerprint density at radius 3 is 2.37 bits per heavy atom. The molecule has 2 aromatic heterocycles. The first-order chi connectivity index (χ1) is 16.4. The minimum atomic E-state index is -4.81. The van der Waals surface area contributed by atoms with Crippen LogP contribution in [0.1, 0.15) is 40.5 Å². The van der Waals surface area contributed by atoms with Gasteiger partial charge in [0.15, 0.2) is 5.65 Å². The number of hydrogen-bond donors (Lipinski definition) is 2. The standard InChI is InChI=1S/C22H21F6N5O2/c23-21(24,25)16(29)11-17-31-18-15(5-8-30-19(18)32-17)12-6-9-33(10-7-12)20(34)13-1-3-14(4-2-13)35-22(26,27)28/h1-5,8,12,16H,6-7,9-11,29H2,(H,30,31,32)/t16-/m1/s1. The van der Waals surface area contributed by atoms with Crippen LogP contribution in [0.2, 0.25) is 0 Å². The molecule has 0 saturated carbocycles. The number of pyridine rings is 1. The highest BCUT2D eigenvalue weighted by atomic mass is 19.4. The van der Waals surface area contributed by atoms with Crippen LogP contribution in [0.4, 0.5) is 26.3 Å². The van der Waals surface area contributed by atoms with Crippen molar-refractivity contribution in [3.05, 3.63) is 53.5 Å². The summed E-state index contributed by atoms with van der Waals surface area (Å²) < 4.78 is 79.2. The highest BCUT2D eigenvalue weighted by Gasteiger charge is 2.37. The number of nitrogens with two attached hydrogens (primary N) is 1. The van der Waals surface area contributed by atoms with E-state index >= 15 is 0 Å². The highest BCUT2D eigenvalue weighted by molar-refractivity contribution is 5.94. The molecule has 4 rings (SSSR count). The van der Waals surface area contributed by atoms with Crippen LogP contribution in [0.3, 0.4) is 0 Å². The van der Waals surface area contributed by atoms with Crippen LogP contribution < -0.4 is 10.5 Å². The lowest BCUT2D eigenvalue weighted by Gasteiger charge is -2.32. The van der Waals surface area contributed by atoms with Crippen LogP contribution in [0.15, 0.2) is 36.5 Å². The number of amides is 1. The van der Waals surface area contributed by atoms with Gasteiger partial charge < -0.3 is 20.4 Å². The van der Waals surface area contributed by atoms with E-state index in [1.54, 1.807) is 17.2 Å². The molecule has 1 fully saturated rings. The smallest absolute Gasteiger partial charge is 0.406 e.